The van der Waals surface area contributed by atoms with Crippen molar-refractivity contribution in [3.8, 4) is 23.1 Å². The second-order valence-corrected chi connectivity index (χ2v) is 5.87. The summed E-state index contributed by atoms with van der Waals surface area (Å²) >= 11 is 0. The summed E-state index contributed by atoms with van der Waals surface area (Å²) in [6.07, 6.45) is 2.11. The van der Waals surface area contributed by atoms with Crippen molar-refractivity contribution in [2.75, 3.05) is 13.7 Å². The molecular weight excluding hydrogens is 338 g/mol. The van der Waals surface area contributed by atoms with Gasteiger partial charge in [-0.15, -0.1) is 0 Å². The molecule has 134 valence electrons. The fourth-order valence-corrected chi connectivity index (χ4v) is 2.86. The Hall–Kier alpha value is -3.29. The second kappa shape index (κ2) is 6.91. The number of amides is 1. The maximum atomic E-state index is 12.4. The maximum Gasteiger partial charge on any atom is 0.293 e. The fraction of sp³-hybridized carbons (Fsp3) is 0.278. The van der Waals surface area contributed by atoms with Gasteiger partial charge in [0.15, 0.2) is 23.1 Å². The lowest BCUT2D eigenvalue weighted by Crippen LogP contribution is -2.37. The summed E-state index contributed by atoms with van der Waals surface area (Å²) < 4.78 is 21.3. The molecule has 1 aromatic carbocycles. The van der Waals surface area contributed by atoms with E-state index in [1.165, 1.54) is 6.26 Å². The third kappa shape index (κ3) is 3.13. The largest absolute Gasteiger partial charge is 0.493 e. The first-order valence-corrected chi connectivity index (χ1v) is 8.17. The van der Waals surface area contributed by atoms with Gasteiger partial charge in [-0.2, -0.15) is 4.98 Å². The number of furan rings is 1. The van der Waals surface area contributed by atoms with Crippen molar-refractivity contribution in [2.45, 2.75) is 13.0 Å². The summed E-state index contributed by atoms with van der Waals surface area (Å²) in [5.41, 5.74) is 0.954. The van der Waals surface area contributed by atoms with Crippen LogP contribution in [0.25, 0.3) is 11.7 Å². The van der Waals surface area contributed by atoms with Gasteiger partial charge in [0.25, 0.3) is 5.89 Å². The fourth-order valence-electron chi connectivity index (χ4n) is 2.86. The standard InChI is InChI=1S/C18H17N3O5/c1-23-13-5-2-4-11-8-12(10-25-16(11)13)17(22)19-9-15-20-18(26-21-15)14-6-3-7-24-14/h2-7,12H,8-10H2,1H3,(H,19,22). The normalized spacial score (nSPS) is 15.8. The highest BCUT2D eigenvalue weighted by molar-refractivity contribution is 5.79. The third-order valence-electron chi connectivity index (χ3n) is 4.17. The minimum Gasteiger partial charge on any atom is -0.493 e. The molecule has 8 heteroatoms. The Balaban J connectivity index is 1.37. The Bertz CT molecular complexity index is 903. The number of benzene rings is 1. The number of fused-ring (bicyclic) bond motifs is 1. The Kier molecular flexibility index (Phi) is 4.30. The highest BCUT2D eigenvalue weighted by atomic mass is 16.5. The number of para-hydroxylation sites is 1. The highest BCUT2D eigenvalue weighted by Crippen LogP contribution is 2.36. The van der Waals surface area contributed by atoms with Crippen LogP contribution in [-0.2, 0) is 17.8 Å². The van der Waals surface area contributed by atoms with Crippen molar-refractivity contribution in [1.29, 1.82) is 0 Å². The van der Waals surface area contributed by atoms with E-state index in [1.54, 1.807) is 19.2 Å². The van der Waals surface area contributed by atoms with Gasteiger partial charge in [0.2, 0.25) is 5.91 Å². The number of nitrogens with one attached hydrogen (secondary N) is 1. The van der Waals surface area contributed by atoms with Crippen molar-refractivity contribution in [3.05, 3.63) is 48.0 Å². The molecule has 1 aliphatic rings. The molecule has 3 aromatic rings. The van der Waals surface area contributed by atoms with Crippen LogP contribution in [0.3, 0.4) is 0 Å². The average Bonchev–Trinajstić information content (AvgIpc) is 3.36. The van der Waals surface area contributed by atoms with Gasteiger partial charge in [-0.3, -0.25) is 4.79 Å². The Morgan fingerprint density at radius 1 is 1.35 bits per heavy atom. The molecule has 0 radical (unpaired) electrons. The average molecular weight is 355 g/mol. The van der Waals surface area contributed by atoms with Crippen molar-refractivity contribution in [1.82, 2.24) is 15.5 Å². The summed E-state index contributed by atoms with van der Waals surface area (Å²) in [6, 6.07) is 9.12. The van der Waals surface area contributed by atoms with Crippen molar-refractivity contribution < 1.29 is 23.2 Å². The molecule has 26 heavy (non-hydrogen) atoms. The van der Waals surface area contributed by atoms with Crippen LogP contribution in [0.4, 0.5) is 0 Å². The van der Waals surface area contributed by atoms with Crippen LogP contribution in [0.1, 0.15) is 11.4 Å². The molecule has 2 aromatic heterocycles. The monoisotopic (exact) mass is 355 g/mol. The zero-order chi connectivity index (χ0) is 17.9. The van der Waals surface area contributed by atoms with Crippen molar-refractivity contribution in [3.63, 3.8) is 0 Å². The second-order valence-electron chi connectivity index (χ2n) is 5.87. The molecule has 1 N–H and O–H groups in total. The number of methoxy groups -OCH3 is 1. The van der Waals surface area contributed by atoms with Gasteiger partial charge in [0.05, 0.1) is 25.8 Å². The van der Waals surface area contributed by atoms with E-state index in [9.17, 15) is 4.79 Å². The molecule has 0 aliphatic carbocycles. The minimum absolute atomic E-state index is 0.122. The lowest BCUT2D eigenvalue weighted by molar-refractivity contribution is -0.126. The van der Waals surface area contributed by atoms with E-state index < -0.39 is 0 Å². The number of carbonyl (C=O) groups excluding carboxylic acids is 1. The van der Waals surface area contributed by atoms with Gasteiger partial charge in [-0.05, 0) is 30.2 Å². The van der Waals surface area contributed by atoms with Crippen molar-refractivity contribution in [2.24, 2.45) is 5.92 Å². The van der Waals surface area contributed by atoms with E-state index in [0.717, 1.165) is 5.56 Å². The zero-order valence-electron chi connectivity index (χ0n) is 14.1. The van der Waals surface area contributed by atoms with Crippen LogP contribution >= 0.6 is 0 Å². The van der Waals surface area contributed by atoms with E-state index in [2.05, 4.69) is 15.5 Å². The molecule has 1 amide bonds. The minimum atomic E-state index is -0.286. The summed E-state index contributed by atoms with van der Waals surface area (Å²) in [5, 5.41) is 6.66. The topological polar surface area (TPSA) is 99.6 Å². The maximum absolute atomic E-state index is 12.4. The molecule has 0 spiro atoms. The molecule has 8 nitrogen and oxygen atoms in total. The number of rotatable bonds is 5. The zero-order valence-corrected chi connectivity index (χ0v) is 14.1. The third-order valence-corrected chi connectivity index (χ3v) is 4.17. The molecule has 1 unspecified atom stereocenters. The predicted octanol–water partition coefficient (Wildman–Crippen LogP) is 2.21. The first-order valence-electron chi connectivity index (χ1n) is 8.17. The molecule has 0 saturated heterocycles. The highest BCUT2D eigenvalue weighted by Gasteiger charge is 2.28. The SMILES string of the molecule is COc1cccc2c1OCC(C(=O)NCc1noc(-c3ccco3)n1)C2. The van der Waals surface area contributed by atoms with Gasteiger partial charge < -0.3 is 23.7 Å². The Labute approximate surface area is 149 Å². The number of carbonyl (C=O) groups is 1. The smallest absolute Gasteiger partial charge is 0.293 e. The molecule has 1 aliphatic heterocycles. The summed E-state index contributed by atoms with van der Waals surface area (Å²) in [4.78, 5) is 16.6. The lowest BCUT2D eigenvalue weighted by Gasteiger charge is -2.25. The summed E-state index contributed by atoms with van der Waals surface area (Å²) in [6.45, 7) is 0.466. The quantitative estimate of drug-likeness (QED) is 0.749. The Morgan fingerprint density at radius 2 is 2.27 bits per heavy atom. The van der Waals surface area contributed by atoms with Gasteiger partial charge in [-0.25, -0.2) is 0 Å². The van der Waals surface area contributed by atoms with E-state index in [4.69, 9.17) is 18.4 Å². The van der Waals surface area contributed by atoms with Crippen molar-refractivity contribution >= 4 is 5.91 Å². The molecular formula is C18H17N3O5. The molecule has 0 saturated carbocycles. The predicted molar refractivity (Wildman–Crippen MR) is 89.5 cm³/mol. The Morgan fingerprint density at radius 3 is 3.08 bits per heavy atom. The van der Waals surface area contributed by atoms with Crippen LogP contribution in [-0.4, -0.2) is 29.8 Å². The van der Waals surface area contributed by atoms with Crippen LogP contribution < -0.4 is 14.8 Å². The van der Waals surface area contributed by atoms with Gasteiger partial charge in [-0.1, -0.05) is 17.3 Å². The number of nitrogens with zero attached hydrogens (tertiary/aromatic N) is 2. The van der Waals surface area contributed by atoms with Crippen LogP contribution in [0.15, 0.2) is 45.5 Å². The van der Waals surface area contributed by atoms with Gasteiger partial charge in [0, 0.05) is 0 Å². The number of ether oxygens (including phenoxy) is 2. The van der Waals surface area contributed by atoms with E-state index >= 15 is 0 Å². The first kappa shape index (κ1) is 16.2. The molecule has 0 fully saturated rings. The van der Waals surface area contributed by atoms with Gasteiger partial charge >= 0.3 is 0 Å². The number of hydrogen-bond donors (Lipinski definition) is 1. The van der Waals surface area contributed by atoms with E-state index in [0.29, 0.717) is 36.1 Å². The number of aromatic nitrogens is 2. The summed E-state index contributed by atoms with van der Waals surface area (Å²) in [7, 11) is 1.60. The van der Waals surface area contributed by atoms with E-state index in [1.807, 2.05) is 18.2 Å². The summed E-state index contributed by atoms with van der Waals surface area (Å²) in [5.74, 6) is 2.12. The van der Waals surface area contributed by atoms with Crippen LogP contribution in [0.5, 0.6) is 11.5 Å². The van der Waals surface area contributed by atoms with Crippen LogP contribution in [0, 0.1) is 5.92 Å². The number of hydrogen-bond acceptors (Lipinski definition) is 7. The molecule has 3 heterocycles. The lowest BCUT2D eigenvalue weighted by atomic mass is 9.95. The molecule has 1 atom stereocenters. The molecule has 4 rings (SSSR count). The first-order chi connectivity index (χ1) is 12.7. The molecule has 0 bridgehead atoms. The van der Waals surface area contributed by atoms with Crippen LogP contribution in [0.2, 0.25) is 0 Å². The van der Waals surface area contributed by atoms with Gasteiger partial charge in [0.1, 0.15) is 6.61 Å². The van der Waals surface area contributed by atoms with E-state index in [-0.39, 0.29) is 24.3 Å².